The van der Waals surface area contributed by atoms with Gasteiger partial charge in [-0.25, -0.2) is 0 Å². The third-order valence-electron chi connectivity index (χ3n) is 27.9. The Morgan fingerprint density at radius 1 is 0.140 bits per heavy atom. The van der Waals surface area contributed by atoms with Gasteiger partial charge in [0.1, 0.15) is 44.7 Å². The van der Waals surface area contributed by atoms with Crippen molar-refractivity contribution in [3.8, 4) is 33.4 Å². The van der Waals surface area contributed by atoms with E-state index in [1.54, 1.807) is 0 Å². The summed E-state index contributed by atoms with van der Waals surface area (Å²) in [6.45, 7) is 4.27. The number of benzene rings is 22. The number of aryl methyl sites for hydroxylation is 2. The van der Waals surface area contributed by atoms with Crippen LogP contribution in [0.3, 0.4) is 0 Å². The van der Waals surface area contributed by atoms with Crippen molar-refractivity contribution in [2.75, 3.05) is 19.6 Å². The molecule has 0 fully saturated rings. The number of rotatable bonds is 15. The lowest BCUT2D eigenvalue weighted by atomic mass is 9.96. The molecule has 0 saturated carbocycles. The van der Waals surface area contributed by atoms with Crippen molar-refractivity contribution >= 4 is 243 Å². The number of nitrogens with zero attached hydrogens (tertiary/aromatic N) is 4. The first-order chi connectivity index (χ1) is 67.2. The van der Waals surface area contributed by atoms with Crippen LogP contribution in [0.15, 0.2) is 463 Å². The minimum Gasteiger partial charge on any atom is -0.455 e. The molecular formula is C126H78N4O6. The summed E-state index contributed by atoms with van der Waals surface area (Å²) in [6, 6.07) is 157. The van der Waals surface area contributed by atoms with Crippen molar-refractivity contribution in [1.29, 1.82) is 0 Å². The van der Waals surface area contributed by atoms with Crippen molar-refractivity contribution in [3.63, 3.8) is 0 Å². The summed E-state index contributed by atoms with van der Waals surface area (Å²) in [6.07, 6.45) is 0. The average Bonchev–Trinajstić information content (AvgIpc) is 1.58. The molecule has 10 heteroatoms. The summed E-state index contributed by atoms with van der Waals surface area (Å²) >= 11 is 0. The maximum absolute atomic E-state index is 7.52. The molecule has 0 aliphatic carbocycles. The zero-order valence-electron chi connectivity index (χ0n) is 73.8. The molecule has 0 atom stereocenters. The zero-order valence-corrected chi connectivity index (χ0v) is 73.8. The van der Waals surface area contributed by atoms with Crippen LogP contribution >= 0.6 is 0 Å². The number of fused-ring (bicyclic) bond motifs is 26. The smallest absolute Gasteiger partial charge is 0.159 e. The second kappa shape index (κ2) is 30.2. The molecule has 0 bridgehead atoms. The maximum atomic E-state index is 7.52. The molecule has 638 valence electrons. The highest BCUT2D eigenvalue weighted by atomic mass is 16.4. The predicted octanol–water partition coefficient (Wildman–Crippen LogP) is 37.2. The van der Waals surface area contributed by atoms with Gasteiger partial charge in [0.25, 0.3) is 0 Å². The highest BCUT2D eigenvalue weighted by Crippen LogP contribution is 2.56. The Morgan fingerprint density at radius 3 is 0.824 bits per heavy atom. The standard InChI is InChI=1S/C126H78N4O6/c1-75-57-62-83(63-58-75)127(109-71-103-119-94-42-10-6-35-87(94)111(73-117(119)135-121(103)96-44-12-8-37-89(96)109)128(84-64-59-76(2)60-65-84)105-50-23-46-98-91-39-14-17-54-113(91)131-123(98)105)106-51-26-49-101-102-70-82(61-66-116(102)134-126(101)106)79-30-20-29-78(67-79)81-32-22-34-86(69-81)129(107-52-24-47-99-92-40-15-18-55-114(92)132-124(99)107)110-72-104-120-95-43-11-7-36-88(95)112(74-118(120)136-122(104)97-45-13-9-38-90(97)110)130(85-33-21-31-80(68-85)77-27-4-3-5-28-77)108-53-25-48-100-93-41-16-19-56-115(93)133-125(100)108/h3-74H,1-2H3. The van der Waals surface area contributed by atoms with Gasteiger partial charge in [0, 0.05) is 132 Å². The SMILES string of the molecule is Cc1ccc(N(c2cc3c(oc4cc(N(c5ccc(C)cc5)c5cccc6c5oc5ccccc56)c5ccccc5c43)c3ccccc23)c2cccc3c2oc2ccc(-c4cccc(-c5cccc(N(c6cc7c(oc8cc(N(c9cccc(-c%10ccccc%10)c9)c9cccc%10c9oc9ccccc9%10)c9ccccc9c87)c7ccccc67)c6cccc7c6oc6ccccc67)c5)c4)cc23)cc1. The van der Waals surface area contributed by atoms with Crippen molar-refractivity contribution in [2.45, 2.75) is 13.8 Å². The number of anilines is 12. The largest absolute Gasteiger partial charge is 0.455 e. The molecule has 6 heterocycles. The molecule has 136 heavy (non-hydrogen) atoms. The van der Waals surface area contributed by atoms with Gasteiger partial charge >= 0.3 is 0 Å². The van der Waals surface area contributed by atoms with Crippen LogP contribution in [0.4, 0.5) is 68.2 Å². The fourth-order valence-electron chi connectivity index (χ4n) is 21.6. The van der Waals surface area contributed by atoms with E-state index in [0.717, 1.165) is 282 Å². The highest BCUT2D eigenvalue weighted by Gasteiger charge is 2.32. The molecule has 0 N–H and O–H groups in total. The Balaban J connectivity index is 0.577. The fourth-order valence-corrected chi connectivity index (χ4v) is 21.6. The first-order valence-corrected chi connectivity index (χ1v) is 46.2. The van der Waals surface area contributed by atoms with E-state index < -0.39 is 0 Å². The Labute approximate surface area is 779 Å². The second-order valence-corrected chi connectivity index (χ2v) is 35.8. The van der Waals surface area contributed by atoms with Crippen LogP contribution < -0.4 is 19.6 Å². The summed E-state index contributed by atoms with van der Waals surface area (Å²) in [4.78, 5) is 9.49. The van der Waals surface area contributed by atoms with E-state index in [9.17, 15) is 0 Å². The number of para-hydroxylation sites is 7. The monoisotopic (exact) mass is 1740 g/mol. The highest BCUT2D eigenvalue weighted by molar-refractivity contribution is 6.31. The first-order valence-electron chi connectivity index (χ1n) is 46.2. The van der Waals surface area contributed by atoms with Crippen LogP contribution in [-0.4, -0.2) is 0 Å². The molecule has 28 rings (SSSR count). The number of furan rings is 6. The van der Waals surface area contributed by atoms with Gasteiger partial charge in [-0.2, -0.15) is 0 Å². The van der Waals surface area contributed by atoms with Crippen LogP contribution in [0.5, 0.6) is 0 Å². The van der Waals surface area contributed by atoms with E-state index >= 15 is 0 Å². The van der Waals surface area contributed by atoms with Gasteiger partial charge in [-0.3, -0.25) is 0 Å². The van der Waals surface area contributed by atoms with Crippen molar-refractivity contribution in [3.05, 3.63) is 448 Å². The van der Waals surface area contributed by atoms with E-state index in [1.165, 1.54) is 5.56 Å². The van der Waals surface area contributed by atoms with Gasteiger partial charge < -0.3 is 46.1 Å². The molecule has 6 aromatic heterocycles. The van der Waals surface area contributed by atoms with Crippen LogP contribution in [0, 0.1) is 13.8 Å². The Bertz CT molecular complexity index is 9840. The topological polar surface area (TPSA) is 91.8 Å². The van der Waals surface area contributed by atoms with Gasteiger partial charge in [0.05, 0.1) is 45.5 Å². The Hall–Kier alpha value is -18.1. The lowest BCUT2D eigenvalue weighted by Gasteiger charge is -2.28. The van der Waals surface area contributed by atoms with Crippen molar-refractivity contribution < 1.29 is 26.5 Å². The minimum absolute atomic E-state index is 0.749. The molecule has 0 aliphatic heterocycles. The molecule has 0 spiro atoms. The molecule has 22 aromatic carbocycles. The van der Waals surface area contributed by atoms with Gasteiger partial charge in [-0.1, -0.05) is 314 Å². The van der Waals surface area contributed by atoms with E-state index in [-0.39, 0.29) is 0 Å². The molecule has 10 nitrogen and oxygen atoms in total. The van der Waals surface area contributed by atoms with Gasteiger partial charge in [0.15, 0.2) is 22.3 Å². The third kappa shape index (κ3) is 11.9. The van der Waals surface area contributed by atoms with E-state index in [2.05, 4.69) is 446 Å². The lowest BCUT2D eigenvalue weighted by Crippen LogP contribution is -2.11. The molecule has 28 aromatic rings. The normalized spacial score (nSPS) is 12.0. The zero-order chi connectivity index (χ0) is 89.5. The summed E-state index contributed by atoms with van der Waals surface area (Å²) in [5, 5.41) is 20.5. The molecular weight excluding hydrogens is 1670 g/mol. The van der Waals surface area contributed by atoms with Crippen molar-refractivity contribution in [1.82, 2.24) is 0 Å². The van der Waals surface area contributed by atoms with Crippen LogP contribution in [0.2, 0.25) is 0 Å². The quantitative estimate of drug-likeness (QED) is 0.0988. The van der Waals surface area contributed by atoms with Gasteiger partial charge in [-0.05, 0) is 179 Å². The molecule has 0 aliphatic rings. The van der Waals surface area contributed by atoms with Gasteiger partial charge in [-0.15, -0.1) is 0 Å². The average molecular weight is 1740 g/mol. The molecule has 0 amide bonds. The summed E-state index contributed by atoms with van der Waals surface area (Å²) in [5.74, 6) is 0. The van der Waals surface area contributed by atoms with E-state index in [0.29, 0.717) is 0 Å². The molecule has 0 saturated heterocycles. The molecule has 0 radical (unpaired) electrons. The Morgan fingerprint density at radius 2 is 0.412 bits per heavy atom. The summed E-state index contributed by atoms with van der Waals surface area (Å²) < 4.78 is 43.1. The minimum atomic E-state index is 0.749. The third-order valence-corrected chi connectivity index (χ3v) is 27.9. The summed E-state index contributed by atoms with van der Waals surface area (Å²) in [7, 11) is 0. The number of hydrogen-bond donors (Lipinski definition) is 0. The maximum Gasteiger partial charge on any atom is 0.159 e. The fraction of sp³-hybridized carbons (Fsp3) is 0.0159. The van der Waals surface area contributed by atoms with Crippen LogP contribution in [0.1, 0.15) is 11.1 Å². The first kappa shape index (κ1) is 76.7. The second-order valence-electron chi connectivity index (χ2n) is 35.8. The van der Waals surface area contributed by atoms with Gasteiger partial charge in [0.2, 0.25) is 0 Å². The predicted molar refractivity (Wildman–Crippen MR) is 565 cm³/mol. The van der Waals surface area contributed by atoms with Crippen LogP contribution in [0.25, 0.3) is 208 Å². The van der Waals surface area contributed by atoms with Crippen LogP contribution in [-0.2, 0) is 0 Å². The Kier molecular flexibility index (Phi) is 17.0. The van der Waals surface area contributed by atoms with E-state index in [1.807, 2.05) is 24.3 Å². The summed E-state index contributed by atoms with van der Waals surface area (Å²) in [5.41, 5.74) is 29.7. The number of hydrogen-bond acceptors (Lipinski definition) is 10. The van der Waals surface area contributed by atoms with E-state index in [4.69, 9.17) is 26.5 Å². The molecule has 0 unspecified atom stereocenters. The van der Waals surface area contributed by atoms with Crippen molar-refractivity contribution in [2.24, 2.45) is 0 Å². The lowest BCUT2D eigenvalue weighted by molar-refractivity contribution is 0.668.